The van der Waals surface area contributed by atoms with Crippen LogP contribution in [0.3, 0.4) is 0 Å². The van der Waals surface area contributed by atoms with Gasteiger partial charge in [0.05, 0.1) is 0 Å². The summed E-state index contributed by atoms with van der Waals surface area (Å²) >= 11 is 4.77. The topological polar surface area (TPSA) is 55.8 Å². The largest absolute Gasteiger partial charge is 0.480 e. The average Bonchev–Trinajstić information content (AvgIpc) is 2.23. The second kappa shape index (κ2) is 8.33. The molecular formula is C10H19BrO4S. The Balaban J connectivity index is 3.57. The van der Waals surface area contributed by atoms with E-state index in [-0.39, 0.29) is 5.62 Å². The average molecular weight is 315 g/mol. The van der Waals surface area contributed by atoms with Crippen LogP contribution in [0.4, 0.5) is 0 Å². The number of aliphatic carboxylic acids is 1. The van der Waals surface area contributed by atoms with Crippen molar-refractivity contribution in [3.8, 4) is 0 Å². The number of carboxylic acids is 1. The van der Waals surface area contributed by atoms with Crippen LogP contribution >= 0.6 is 27.7 Å². The van der Waals surface area contributed by atoms with Crippen LogP contribution in [0.25, 0.3) is 0 Å². The number of methoxy groups -OCH3 is 2. The van der Waals surface area contributed by atoms with Gasteiger partial charge in [-0.05, 0) is 25.5 Å². The molecule has 0 aromatic heterocycles. The number of ether oxygens (including phenoxy) is 2. The highest BCUT2D eigenvalue weighted by Gasteiger charge is 2.28. The van der Waals surface area contributed by atoms with E-state index in [1.807, 2.05) is 0 Å². The molecule has 0 aromatic carbocycles. The van der Waals surface area contributed by atoms with Gasteiger partial charge in [0.1, 0.15) is 4.32 Å². The molecule has 0 amide bonds. The van der Waals surface area contributed by atoms with Crippen molar-refractivity contribution in [1.29, 1.82) is 0 Å². The van der Waals surface area contributed by atoms with Crippen molar-refractivity contribution in [3.63, 3.8) is 0 Å². The number of unbranched alkanes of at least 4 members (excludes halogenated alkanes) is 1. The van der Waals surface area contributed by atoms with Crippen molar-refractivity contribution in [1.82, 2.24) is 0 Å². The Morgan fingerprint density at radius 2 is 2.00 bits per heavy atom. The number of rotatable bonds is 9. The van der Waals surface area contributed by atoms with Crippen molar-refractivity contribution in [2.45, 2.75) is 36.1 Å². The Kier molecular flexibility index (Phi) is 8.45. The molecule has 6 heteroatoms. The smallest absolute Gasteiger partial charge is 0.320 e. The van der Waals surface area contributed by atoms with E-state index >= 15 is 0 Å². The fourth-order valence-corrected chi connectivity index (χ4v) is 2.19. The summed E-state index contributed by atoms with van der Waals surface area (Å²) in [7, 11) is 3.20. The number of halogens is 1. The Labute approximate surface area is 109 Å². The van der Waals surface area contributed by atoms with Gasteiger partial charge in [-0.15, -0.1) is 11.8 Å². The van der Waals surface area contributed by atoms with Gasteiger partial charge in [0.15, 0.2) is 0 Å². The van der Waals surface area contributed by atoms with Crippen LogP contribution in [0.15, 0.2) is 0 Å². The summed E-state index contributed by atoms with van der Waals surface area (Å²) in [5, 5.41) is 8.87. The minimum absolute atomic E-state index is 0.227. The lowest BCUT2D eigenvalue weighted by molar-refractivity contribution is -0.139. The number of carboxylic acid groups (broad SMARTS) is 1. The lowest BCUT2D eigenvalue weighted by atomic mass is 10.1. The maximum absolute atomic E-state index is 10.8. The summed E-state index contributed by atoms with van der Waals surface area (Å²) in [6.45, 7) is 1.68. The molecule has 1 N–H and O–H groups in total. The van der Waals surface area contributed by atoms with Gasteiger partial charge in [-0.25, -0.2) is 0 Å². The van der Waals surface area contributed by atoms with Gasteiger partial charge in [-0.3, -0.25) is 4.79 Å². The first kappa shape index (κ1) is 16.2. The van der Waals surface area contributed by atoms with Gasteiger partial charge in [0.2, 0.25) is 5.62 Å². The van der Waals surface area contributed by atoms with Crippen molar-refractivity contribution < 1.29 is 19.4 Å². The summed E-state index contributed by atoms with van der Waals surface area (Å²) in [6, 6.07) is 0. The van der Waals surface area contributed by atoms with E-state index in [1.165, 1.54) is 0 Å². The molecule has 4 nitrogen and oxygen atoms in total. The molecule has 0 spiro atoms. The van der Waals surface area contributed by atoms with E-state index in [0.29, 0.717) is 6.42 Å². The van der Waals surface area contributed by atoms with E-state index in [2.05, 4.69) is 15.9 Å². The SMILES string of the molecule is COC(OC)SCCCCC(C)(Br)C(=O)O. The number of hydrogen-bond donors (Lipinski definition) is 1. The molecule has 0 fully saturated rings. The molecule has 1 atom stereocenters. The summed E-state index contributed by atoms with van der Waals surface area (Å²) in [5.74, 6) is 0.0847. The molecule has 0 saturated heterocycles. The third-order valence-electron chi connectivity index (χ3n) is 2.13. The first-order valence-corrected chi connectivity index (χ1v) is 6.87. The van der Waals surface area contributed by atoms with Crippen LogP contribution in [0.1, 0.15) is 26.2 Å². The van der Waals surface area contributed by atoms with Crippen molar-refractivity contribution >= 4 is 33.7 Å². The third-order valence-corrected chi connectivity index (χ3v) is 4.04. The monoisotopic (exact) mass is 314 g/mol. The van der Waals surface area contributed by atoms with Crippen LogP contribution in [0, 0.1) is 0 Å². The molecular weight excluding hydrogens is 296 g/mol. The zero-order valence-corrected chi connectivity index (χ0v) is 12.3. The molecule has 0 bridgehead atoms. The molecule has 0 saturated carbocycles. The lowest BCUT2D eigenvalue weighted by Gasteiger charge is -2.17. The number of thioether (sulfide) groups is 1. The summed E-state index contributed by atoms with van der Waals surface area (Å²) < 4.78 is 9.24. The Morgan fingerprint density at radius 3 is 2.44 bits per heavy atom. The second-order valence-electron chi connectivity index (χ2n) is 3.59. The van der Waals surface area contributed by atoms with E-state index in [4.69, 9.17) is 14.6 Å². The van der Waals surface area contributed by atoms with Gasteiger partial charge in [-0.1, -0.05) is 22.4 Å². The predicted octanol–water partition coefficient (Wildman–Crippen LogP) is 2.70. The highest BCUT2D eigenvalue weighted by Crippen LogP contribution is 2.25. The number of carbonyl (C=O) groups is 1. The Hall–Kier alpha value is 0.220. The van der Waals surface area contributed by atoms with Crippen LogP contribution in [0.2, 0.25) is 0 Å². The zero-order valence-electron chi connectivity index (χ0n) is 9.86. The molecule has 0 heterocycles. The highest BCUT2D eigenvalue weighted by molar-refractivity contribution is 9.10. The van der Waals surface area contributed by atoms with Gasteiger partial charge in [-0.2, -0.15) is 0 Å². The van der Waals surface area contributed by atoms with Crippen LogP contribution < -0.4 is 0 Å². The molecule has 16 heavy (non-hydrogen) atoms. The molecule has 0 aliphatic rings. The summed E-state index contributed by atoms with van der Waals surface area (Å²) in [5.41, 5.74) is -0.227. The molecule has 1 unspecified atom stereocenters. The van der Waals surface area contributed by atoms with Crippen LogP contribution in [-0.4, -0.2) is 41.0 Å². The highest BCUT2D eigenvalue weighted by atomic mass is 79.9. The molecule has 96 valence electrons. The standard InChI is InChI=1S/C10H19BrO4S/c1-10(11,8(12)13)6-4-5-7-16-9(14-2)15-3/h9H,4-7H2,1-3H3,(H,12,13). The Bertz CT molecular complexity index is 207. The van der Waals surface area contributed by atoms with Crippen molar-refractivity contribution in [2.75, 3.05) is 20.0 Å². The van der Waals surface area contributed by atoms with E-state index in [9.17, 15) is 4.79 Å². The molecule has 0 aromatic rings. The van der Waals surface area contributed by atoms with Crippen LogP contribution in [0.5, 0.6) is 0 Å². The van der Waals surface area contributed by atoms with E-state index < -0.39 is 10.3 Å². The van der Waals surface area contributed by atoms with Gasteiger partial charge < -0.3 is 14.6 Å². The molecule has 0 aliphatic carbocycles. The maximum atomic E-state index is 10.8. The number of alkyl halides is 1. The first-order valence-electron chi connectivity index (χ1n) is 5.03. The second-order valence-corrected chi connectivity index (χ2v) is 6.47. The molecule has 0 radical (unpaired) electrons. The van der Waals surface area contributed by atoms with Crippen molar-refractivity contribution in [2.24, 2.45) is 0 Å². The Morgan fingerprint density at radius 1 is 1.44 bits per heavy atom. The van der Waals surface area contributed by atoms with E-state index in [1.54, 1.807) is 32.9 Å². The van der Waals surface area contributed by atoms with Gasteiger partial charge in [0, 0.05) is 14.2 Å². The molecule has 0 rings (SSSR count). The minimum Gasteiger partial charge on any atom is -0.480 e. The normalized spacial score (nSPS) is 15.1. The summed E-state index contributed by atoms with van der Waals surface area (Å²) in [6.07, 6.45) is 2.43. The zero-order chi connectivity index (χ0) is 12.6. The van der Waals surface area contributed by atoms with Gasteiger partial charge in [0.25, 0.3) is 0 Å². The fraction of sp³-hybridized carbons (Fsp3) is 0.900. The maximum Gasteiger partial charge on any atom is 0.320 e. The van der Waals surface area contributed by atoms with Crippen molar-refractivity contribution in [3.05, 3.63) is 0 Å². The van der Waals surface area contributed by atoms with Gasteiger partial charge >= 0.3 is 5.97 Å². The minimum atomic E-state index is -0.813. The third kappa shape index (κ3) is 6.73. The summed E-state index contributed by atoms with van der Waals surface area (Å²) in [4.78, 5) is 10.8. The lowest BCUT2D eigenvalue weighted by Crippen LogP contribution is -2.27. The quantitative estimate of drug-likeness (QED) is 0.403. The molecule has 0 aliphatic heterocycles. The van der Waals surface area contributed by atoms with E-state index in [0.717, 1.165) is 18.6 Å². The first-order chi connectivity index (χ1) is 7.44. The fourth-order valence-electron chi connectivity index (χ4n) is 1.08. The number of hydrogen-bond acceptors (Lipinski definition) is 4. The predicted molar refractivity (Wildman–Crippen MR) is 69.1 cm³/mol. The van der Waals surface area contributed by atoms with Crippen LogP contribution in [-0.2, 0) is 14.3 Å².